The Hall–Kier alpha value is -0.650. The smallest absolute Gasteiger partial charge is 0.163 e. The van der Waals surface area contributed by atoms with E-state index in [1.54, 1.807) is 6.07 Å². The molecule has 5 heteroatoms. The minimum atomic E-state index is -0.823. The van der Waals surface area contributed by atoms with E-state index in [-0.39, 0.29) is 5.56 Å². The molecule has 0 amide bonds. The molecular formula is C16H24F2N2S. The van der Waals surface area contributed by atoms with E-state index in [2.05, 4.69) is 18.7 Å². The lowest BCUT2D eigenvalue weighted by molar-refractivity contribution is 0.272. The first-order valence-corrected chi connectivity index (χ1v) is 8.43. The van der Waals surface area contributed by atoms with Crippen LogP contribution in [0.2, 0.25) is 0 Å². The van der Waals surface area contributed by atoms with E-state index >= 15 is 0 Å². The number of hydrogen-bond donors (Lipinski definition) is 1. The first kappa shape index (κ1) is 16.7. The minimum Gasteiger partial charge on any atom is -0.324 e. The van der Waals surface area contributed by atoms with Crippen molar-refractivity contribution in [3.05, 3.63) is 35.4 Å². The van der Waals surface area contributed by atoms with Crippen LogP contribution in [0.5, 0.6) is 0 Å². The summed E-state index contributed by atoms with van der Waals surface area (Å²) in [4.78, 5) is 2.37. The van der Waals surface area contributed by atoms with Gasteiger partial charge in [-0.3, -0.25) is 0 Å². The summed E-state index contributed by atoms with van der Waals surface area (Å²) in [7, 11) is 0. The topological polar surface area (TPSA) is 29.3 Å². The summed E-state index contributed by atoms with van der Waals surface area (Å²) >= 11 is 2.00. The van der Waals surface area contributed by atoms with Crippen molar-refractivity contribution >= 4 is 11.8 Å². The van der Waals surface area contributed by atoms with Gasteiger partial charge < -0.3 is 10.6 Å². The van der Waals surface area contributed by atoms with E-state index in [1.807, 2.05) is 11.8 Å². The highest BCUT2D eigenvalue weighted by Gasteiger charge is 2.24. The van der Waals surface area contributed by atoms with Crippen LogP contribution in [0.15, 0.2) is 18.2 Å². The number of rotatable bonds is 4. The van der Waals surface area contributed by atoms with Crippen molar-refractivity contribution in [2.45, 2.75) is 37.5 Å². The number of nitrogens with zero attached hydrogens (tertiary/aromatic N) is 1. The van der Waals surface area contributed by atoms with Crippen LogP contribution in [-0.4, -0.2) is 35.0 Å². The predicted molar refractivity (Wildman–Crippen MR) is 85.5 cm³/mol. The molecule has 1 unspecified atom stereocenters. The van der Waals surface area contributed by atoms with E-state index < -0.39 is 17.7 Å². The van der Waals surface area contributed by atoms with Gasteiger partial charge in [-0.2, -0.15) is 11.8 Å². The van der Waals surface area contributed by atoms with Gasteiger partial charge in [0, 0.05) is 28.6 Å². The maximum absolute atomic E-state index is 13.7. The fraction of sp³-hybridized carbons (Fsp3) is 0.625. The van der Waals surface area contributed by atoms with Gasteiger partial charge in [-0.05, 0) is 32.0 Å². The average Bonchev–Trinajstić information content (AvgIpc) is 2.60. The summed E-state index contributed by atoms with van der Waals surface area (Å²) in [6.45, 7) is 7.45. The van der Waals surface area contributed by atoms with Crippen molar-refractivity contribution in [2.75, 3.05) is 25.4 Å². The van der Waals surface area contributed by atoms with E-state index in [0.29, 0.717) is 11.2 Å². The van der Waals surface area contributed by atoms with Crippen LogP contribution in [0.25, 0.3) is 0 Å². The van der Waals surface area contributed by atoms with Crippen LogP contribution >= 0.6 is 11.8 Å². The average molecular weight is 314 g/mol. The molecular weight excluding hydrogens is 290 g/mol. The molecule has 1 aromatic rings. The first-order chi connectivity index (χ1) is 9.89. The van der Waals surface area contributed by atoms with Crippen molar-refractivity contribution in [1.82, 2.24) is 4.90 Å². The summed E-state index contributed by atoms with van der Waals surface area (Å²) in [6, 6.07) is 3.76. The highest BCUT2D eigenvalue weighted by molar-refractivity contribution is 8.00. The second-order valence-electron chi connectivity index (χ2n) is 6.24. The maximum atomic E-state index is 13.7. The Labute approximate surface area is 130 Å². The molecule has 1 aromatic carbocycles. The molecule has 1 atom stereocenters. The van der Waals surface area contributed by atoms with E-state index in [0.717, 1.165) is 37.9 Å². The fourth-order valence-corrected chi connectivity index (χ4v) is 3.71. The van der Waals surface area contributed by atoms with E-state index in [4.69, 9.17) is 5.73 Å². The highest BCUT2D eigenvalue weighted by Crippen LogP contribution is 2.31. The number of benzene rings is 1. The normalized spacial score (nSPS) is 21.0. The van der Waals surface area contributed by atoms with Crippen LogP contribution in [0.3, 0.4) is 0 Å². The molecule has 0 bridgehead atoms. The second kappa shape index (κ2) is 7.07. The minimum absolute atomic E-state index is 0.277. The quantitative estimate of drug-likeness (QED) is 0.921. The third kappa shape index (κ3) is 4.66. The Morgan fingerprint density at radius 3 is 2.86 bits per heavy atom. The summed E-state index contributed by atoms with van der Waals surface area (Å²) in [6.07, 6.45) is 1.78. The number of thioether (sulfide) groups is 1. The third-order valence-corrected chi connectivity index (χ3v) is 5.44. The largest absolute Gasteiger partial charge is 0.324 e. The van der Waals surface area contributed by atoms with Crippen molar-refractivity contribution < 1.29 is 8.78 Å². The Bertz CT molecular complexity index is 479. The SMILES string of the molecule is CC1(C)CCN(CCC(N)c2cccc(F)c2F)CCS1. The van der Waals surface area contributed by atoms with Crippen molar-refractivity contribution in [3.8, 4) is 0 Å². The molecule has 0 spiro atoms. The van der Waals surface area contributed by atoms with Gasteiger partial charge >= 0.3 is 0 Å². The van der Waals surface area contributed by atoms with Gasteiger partial charge in [0.05, 0.1) is 0 Å². The number of nitrogens with two attached hydrogens (primary N) is 1. The lowest BCUT2D eigenvalue weighted by Crippen LogP contribution is -2.30. The summed E-state index contributed by atoms with van der Waals surface area (Å²) < 4.78 is 27.3. The molecule has 1 fully saturated rings. The lowest BCUT2D eigenvalue weighted by Gasteiger charge is -2.23. The second-order valence-corrected chi connectivity index (χ2v) is 8.04. The maximum Gasteiger partial charge on any atom is 0.163 e. The molecule has 2 rings (SSSR count). The molecule has 21 heavy (non-hydrogen) atoms. The van der Waals surface area contributed by atoms with Crippen molar-refractivity contribution in [3.63, 3.8) is 0 Å². The molecule has 0 radical (unpaired) electrons. The summed E-state index contributed by atoms with van der Waals surface area (Å²) in [5.41, 5.74) is 6.31. The Morgan fingerprint density at radius 2 is 2.10 bits per heavy atom. The molecule has 1 saturated heterocycles. The standard InChI is InChI=1S/C16H24F2N2S/c1-16(2)7-9-20(10-11-21-16)8-6-14(19)12-4-3-5-13(17)15(12)18/h3-5,14H,6-11,19H2,1-2H3. The molecule has 0 aromatic heterocycles. The van der Waals surface area contributed by atoms with Crippen LogP contribution < -0.4 is 5.73 Å². The number of hydrogen-bond acceptors (Lipinski definition) is 3. The molecule has 0 aliphatic carbocycles. The predicted octanol–water partition coefficient (Wildman–Crippen LogP) is 3.57. The number of halogens is 2. The molecule has 0 saturated carbocycles. The highest BCUT2D eigenvalue weighted by atomic mass is 32.2. The molecule has 1 aliphatic heterocycles. The molecule has 1 heterocycles. The molecule has 2 N–H and O–H groups in total. The molecule has 1 aliphatic rings. The van der Waals surface area contributed by atoms with Gasteiger partial charge in [0.1, 0.15) is 0 Å². The van der Waals surface area contributed by atoms with E-state index in [1.165, 1.54) is 6.07 Å². The van der Waals surface area contributed by atoms with Crippen LogP contribution in [0, 0.1) is 11.6 Å². The lowest BCUT2D eigenvalue weighted by atomic mass is 10.0. The third-order valence-electron chi connectivity index (χ3n) is 4.07. The van der Waals surface area contributed by atoms with Gasteiger partial charge in [-0.15, -0.1) is 0 Å². The van der Waals surface area contributed by atoms with E-state index in [9.17, 15) is 8.78 Å². The van der Waals surface area contributed by atoms with Crippen LogP contribution in [0.4, 0.5) is 8.78 Å². The zero-order valence-electron chi connectivity index (χ0n) is 12.7. The van der Waals surface area contributed by atoms with Crippen LogP contribution in [-0.2, 0) is 0 Å². The molecule has 118 valence electrons. The Kier molecular flexibility index (Phi) is 5.63. The molecule has 2 nitrogen and oxygen atoms in total. The van der Waals surface area contributed by atoms with Crippen molar-refractivity contribution in [1.29, 1.82) is 0 Å². The monoisotopic (exact) mass is 314 g/mol. The Morgan fingerprint density at radius 1 is 1.33 bits per heavy atom. The van der Waals surface area contributed by atoms with Gasteiger partial charge in [-0.25, -0.2) is 8.78 Å². The van der Waals surface area contributed by atoms with Crippen molar-refractivity contribution in [2.24, 2.45) is 5.73 Å². The van der Waals surface area contributed by atoms with Gasteiger partial charge in [0.25, 0.3) is 0 Å². The fourth-order valence-electron chi connectivity index (χ4n) is 2.57. The first-order valence-electron chi connectivity index (χ1n) is 7.45. The summed E-state index contributed by atoms with van der Waals surface area (Å²) in [5.74, 6) is -0.523. The van der Waals surface area contributed by atoms with Gasteiger partial charge in [0.2, 0.25) is 0 Å². The van der Waals surface area contributed by atoms with Crippen LogP contribution in [0.1, 0.15) is 38.3 Å². The van der Waals surface area contributed by atoms with Gasteiger partial charge in [0.15, 0.2) is 11.6 Å². The van der Waals surface area contributed by atoms with Gasteiger partial charge in [-0.1, -0.05) is 26.0 Å². The Balaban J connectivity index is 1.89. The zero-order valence-corrected chi connectivity index (χ0v) is 13.6. The zero-order chi connectivity index (χ0) is 15.5. The summed E-state index contributed by atoms with van der Waals surface area (Å²) in [5, 5.41) is 0.